The smallest absolute Gasteiger partial charge is 0.165 e. The average molecular weight is 158 g/mol. The third-order valence-corrected chi connectivity index (χ3v) is 1.56. The zero-order chi connectivity index (χ0) is 8.53. The first-order chi connectivity index (χ1) is 5.31. The second-order valence-corrected chi connectivity index (χ2v) is 2.65. The number of nitrogens with zero attached hydrogens (tertiary/aromatic N) is 2. The van der Waals surface area contributed by atoms with Gasteiger partial charge in [-0.15, -0.1) is 0 Å². The largest absolute Gasteiger partial charge is 0.370 e. The number of rotatable bonds is 6. The maximum atomic E-state index is 9.09. The van der Waals surface area contributed by atoms with Gasteiger partial charge in [0.1, 0.15) is 0 Å². The molecule has 1 atom stereocenters. The Morgan fingerprint density at radius 2 is 2.00 bits per heavy atom. The number of hydrogen-bond acceptors (Lipinski definition) is 3. The quantitative estimate of drug-likeness (QED) is 0.468. The highest BCUT2D eigenvalue weighted by Gasteiger charge is 1.98. The van der Waals surface area contributed by atoms with Gasteiger partial charge >= 0.3 is 0 Å². The summed E-state index contributed by atoms with van der Waals surface area (Å²) in [5.41, 5.74) is 0. The van der Waals surface area contributed by atoms with E-state index in [2.05, 4.69) is 17.2 Å². The minimum atomic E-state index is -0.572. The SMILES string of the molecule is CCCCCCC(O)N=NC. The van der Waals surface area contributed by atoms with Crippen LogP contribution in [0.4, 0.5) is 0 Å². The molecule has 0 heterocycles. The van der Waals surface area contributed by atoms with Crippen LogP contribution in [-0.4, -0.2) is 18.4 Å². The molecule has 0 aliphatic rings. The summed E-state index contributed by atoms with van der Waals surface area (Å²) in [5.74, 6) is 0. The van der Waals surface area contributed by atoms with Crippen LogP contribution in [-0.2, 0) is 0 Å². The van der Waals surface area contributed by atoms with Gasteiger partial charge in [-0.3, -0.25) is 0 Å². The Morgan fingerprint density at radius 3 is 2.55 bits per heavy atom. The minimum Gasteiger partial charge on any atom is -0.370 e. The standard InChI is InChI=1S/C8H18N2O/c1-3-4-5-6-7-8(11)10-9-2/h8,11H,3-7H2,1-2H3. The summed E-state index contributed by atoms with van der Waals surface area (Å²) in [6.45, 7) is 2.17. The number of aliphatic hydroxyl groups excluding tert-OH is 1. The Labute approximate surface area is 68.5 Å². The van der Waals surface area contributed by atoms with Gasteiger partial charge in [0.05, 0.1) is 0 Å². The lowest BCUT2D eigenvalue weighted by molar-refractivity contribution is 0.162. The van der Waals surface area contributed by atoms with Crippen molar-refractivity contribution in [2.75, 3.05) is 7.05 Å². The topological polar surface area (TPSA) is 45.0 Å². The second-order valence-electron chi connectivity index (χ2n) is 2.65. The van der Waals surface area contributed by atoms with Crippen LogP contribution in [0.1, 0.15) is 39.0 Å². The number of hydrogen-bond donors (Lipinski definition) is 1. The zero-order valence-electron chi connectivity index (χ0n) is 7.45. The van der Waals surface area contributed by atoms with E-state index in [1.54, 1.807) is 7.05 Å². The first kappa shape index (κ1) is 10.6. The average Bonchev–Trinajstić information content (AvgIpc) is 1.99. The lowest BCUT2D eigenvalue weighted by Gasteiger charge is -2.01. The van der Waals surface area contributed by atoms with E-state index in [-0.39, 0.29) is 0 Å². The molecule has 1 unspecified atom stereocenters. The predicted molar refractivity (Wildman–Crippen MR) is 45.5 cm³/mol. The van der Waals surface area contributed by atoms with Crippen molar-refractivity contribution in [2.24, 2.45) is 10.2 Å². The van der Waals surface area contributed by atoms with Crippen molar-refractivity contribution >= 4 is 0 Å². The van der Waals surface area contributed by atoms with Gasteiger partial charge in [0, 0.05) is 7.05 Å². The molecule has 0 saturated carbocycles. The third-order valence-electron chi connectivity index (χ3n) is 1.56. The van der Waals surface area contributed by atoms with Crippen LogP contribution in [0, 0.1) is 0 Å². The molecule has 0 aliphatic carbocycles. The number of azo groups is 1. The van der Waals surface area contributed by atoms with Crippen molar-refractivity contribution in [2.45, 2.75) is 45.3 Å². The van der Waals surface area contributed by atoms with E-state index in [0.29, 0.717) is 0 Å². The molecule has 66 valence electrons. The summed E-state index contributed by atoms with van der Waals surface area (Å²) in [4.78, 5) is 0. The molecule has 0 bridgehead atoms. The van der Waals surface area contributed by atoms with Gasteiger partial charge < -0.3 is 5.11 Å². The molecule has 0 aromatic carbocycles. The summed E-state index contributed by atoms with van der Waals surface area (Å²) in [6, 6.07) is 0. The van der Waals surface area contributed by atoms with Crippen LogP contribution in [0.3, 0.4) is 0 Å². The number of unbranched alkanes of at least 4 members (excludes halogenated alkanes) is 3. The Bertz CT molecular complexity index is 104. The molecule has 0 spiro atoms. The second kappa shape index (κ2) is 7.66. The fraction of sp³-hybridized carbons (Fsp3) is 1.00. The van der Waals surface area contributed by atoms with E-state index in [9.17, 15) is 0 Å². The van der Waals surface area contributed by atoms with Gasteiger partial charge in [-0.1, -0.05) is 26.2 Å². The van der Waals surface area contributed by atoms with Gasteiger partial charge in [-0.25, -0.2) is 0 Å². The molecule has 3 nitrogen and oxygen atoms in total. The predicted octanol–water partition coefficient (Wildman–Crippen LogP) is 2.36. The van der Waals surface area contributed by atoms with Gasteiger partial charge in [-0.2, -0.15) is 10.2 Å². The van der Waals surface area contributed by atoms with E-state index in [0.717, 1.165) is 12.8 Å². The Kier molecular flexibility index (Phi) is 7.36. The van der Waals surface area contributed by atoms with Gasteiger partial charge in [0.2, 0.25) is 0 Å². The minimum absolute atomic E-state index is 0.572. The first-order valence-electron chi connectivity index (χ1n) is 4.28. The van der Waals surface area contributed by atoms with Crippen LogP contribution < -0.4 is 0 Å². The fourth-order valence-corrected chi connectivity index (χ4v) is 0.945. The summed E-state index contributed by atoms with van der Waals surface area (Å²) in [5, 5.41) is 16.2. The highest BCUT2D eigenvalue weighted by Crippen LogP contribution is 2.05. The molecule has 0 radical (unpaired) electrons. The first-order valence-corrected chi connectivity index (χ1v) is 4.28. The van der Waals surface area contributed by atoms with E-state index in [4.69, 9.17) is 5.11 Å². The van der Waals surface area contributed by atoms with Gasteiger partial charge in [0.15, 0.2) is 6.23 Å². The molecule has 0 rings (SSSR count). The summed E-state index contributed by atoms with van der Waals surface area (Å²) in [6.07, 6.45) is 4.89. The van der Waals surface area contributed by atoms with Crippen LogP contribution >= 0.6 is 0 Å². The molecule has 0 saturated heterocycles. The van der Waals surface area contributed by atoms with E-state index < -0.39 is 6.23 Å². The van der Waals surface area contributed by atoms with Crippen molar-refractivity contribution in [3.05, 3.63) is 0 Å². The maximum Gasteiger partial charge on any atom is 0.165 e. The van der Waals surface area contributed by atoms with Crippen LogP contribution in [0.2, 0.25) is 0 Å². The Hall–Kier alpha value is -0.440. The highest BCUT2D eigenvalue weighted by atomic mass is 16.3. The molecule has 0 fully saturated rings. The summed E-state index contributed by atoms with van der Waals surface area (Å²) >= 11 is 0. The van der Waals surface area contributed by atoms with Crippen molar-refractivity contribution in [1.29, 1.82) is 0 Å². The van der Waals surface area contributed by atoms with E-state index in [1.165, 1.54) is 19.3 Å². The van der Waals surface area contributed by atoms with E-state index in [1.807, 2.05) is 0 Å². The van der Waals surface area contributed by atoms with Crippen molar-refractivity contribution in [1.82, 2.24) is 0 Å². The number of aliphatic hydroxyl groups is 1. The summed E-state index contributed by atoms with van der Waals surface area (Å²) in [7, 11) is 1.58. The Balaban J connectivity index is 3.10. The maximum absolute atomic E-state index is 9.09. The van der Waals surface area contributed by atoms with E-state index >= 15 is 0 Å². The molecule has 3 heteroatoms. The van der Waals surface area contributed by atoms with Crippen LogP contribution in [0.25, 0.3) is 0 Å². The molecule has 0 aromatic heterocycles. The lowest BCUT2D eigenvalue weighted by atomic mass is 10.1. The molecular weight excluding hydrogens is 140 g/mol. The van der Waals surface area contributed by atoms with Gasteiger partial charge in [0.25, 0.3) is 0 Å². The molecule has 0 amide bonds. The third kappa shape index (κ3) is 7.46. The fourth-order valence-electron chi connectivity index (χ4n) is 0.945. The van der Waals surface area contributed by atoms with Crippen molar-refractivity contribution in [3.8, 4) is 0 Å². The lowest BCUT2D eigenvalue weighted by Crippen LogP contribution is -2.00. The molecule has 0 aliphatic heterocycles. The van der Waals surface area contributed by atoms with Crippen molar-refractivity contribution < 1.29 is 5.11 Å². The monoisotopic (exact) mass is 158 g/mol. The van der Waals surface area contributed by atoms with Crippen LogP contribution in [0.15, 0.2) is 10.2 Å². The molecular formula is C8H18N2O. The molecule has 0 aromatic rings. The van der Waals surface area contributed by atoms with Crippen LogP contribution in [0.5, 0.6) is 0 Å². The zero-order valence-corrected chi connectivity index (χ0v) is 7.45. The highest BCUT2D eigenvalue weighted by molar-refractivity contribution is 4.49. The van der Waals surface area contributed by atoms with Crippen molar-refractivity contribution in [3.63, 3.8) is 0 Å². The molecule has 1 N–H and O–H groups in total. The summed E-state index contributed by atoms with van der Waals surface area (Å²) < 4.78 is 0. The Morgan fingerprint density at radius 1 is 1.27 bits per heavy atom. The van der Waals surface area contributed by atoms with Gasteiger partial charge in [-0.05, 0) is 12.8 Å². The molecule has 11 heavy (non-hydrogen) atoms. The normalized spacial score (nSPS) is 14.1.